The van der Waals surface area contributed by atoms with Gasteiger partial charge in [-0.1, -0.05) is 55.8 Å². The largest absolute Gasteiger partial charge is 0.489 e. The molecule has 3 aromatic rings. The van der Waals surface area contributed by atoms with Gasteiger partial charge in [0.2, 0.25) is 5.88 Å². The van der Waals surface area contributed by atoms with E-state index in [1.807, 2.05) is 36.4 Å². The van der Waals surface area contributed by atoms with Crippen LogP contribution in [0.1, 0.15) is 31.0 Å². The maximum atomic E-state index is 6.11. The minimum absolute atomic E-state index is 0.408. The third-order valence-corrected chi connectivity index (χ3v) is 6.33. The highest BCUT2D eigenvalue weighted by atomic mass is 16.5. The van der Waals surface area contributed by atoms with Gasteiger partial charge in [-0.15, -0.1) is 5.10 Å². The van der Waals surface area contributed by atoms with Crippen LogP contribution in [0.15, 0.2) is 60.7 Å². The topological polar surface area (TPSA) is 65.5 Å². The standard InChI is InChI=1S/C28H35N3O3/c1-3-4-10-27-26(15-28(31-30-27)34-20-24-17-29-16-23(24)19-32-2)22-11-13-25(14-12-22)33-18-21-8-6-5-7-9-21/h5-9,11-15,23-24,29H,3-4,10,16-20H2,1-2H3. The van der Waals surface area contributed by atoms with Crippen LogP contribution in [0.3, 0.4) is 0 Å². The van der Waals surface area contributed by atoms with Gasteiger partial charge in [-0.2, -0.15) is 5.10 Å². The molecule has 4 rings (SSSR count). The number of aryl methyl sites for hydroxylation is 1. The number of nitrogens with zero attached hydrogens (tertiary/aromatic N) is 2. The molecule has 0 bridgehead atoms. The highest BCUT2D eigenvalue weighted by molar-refractivity contribution is 5.67. The van der Waals surface area contributed by atoms with Crippen molar-refractivity contribution >= 4 is 0 Å². The van der Waals surface area contributed by atoms with Crippen LogP contribution in [0.4, 0.5) is 0 Å². The van der Waals surface area contributed by atoms with E-state index in [0.29, 0.717) is 30.9 Å². The molecule has 1 fully saturated rings. The van der Waals surface area contributed by atoms with Crippen LogP contribution < -0.4 is 14.8 Å². The molecule has 2 atom stereocenters. The Bertz CT molecular complexity index is 1010. The van der Waals surface area contributed by atoms with Crippen molar-refractivity contribution in [2.24, 2.45) is 11.8 Å². The van der Waals surface area contributed by atoms with Crippen LogP contribution >= 0.6 is 0 Å². The summed E-state index contributed by atoms with van der Waals surface area (Å²) in [4.78, 5) is 0. The Morgan fingerprint density at radius 2 is 1.68 bits per heavy atom. The smallest absolute Gasteiger partial charge is 0.234 e. The summed E-state index contributed by atoms with van der Waals surface area (Å²) in [6.07, 6.45) is 3.08. The number of rotatable bonds is 12. The van der Waals surface area contributed by atoms with E-state index in [1.54, 1.807) is 7.11 Å². The van der Waals surface area contributed by atoms with Crippen molar-refractivity contribution in [3.63, 3.8) is 0 Å². The molecule has 2 heterocycles. The van der Waals surface area contributed by atoms with Crippen LogP contribution in [0.25, 0.3) is 11.1 Å². The molecule has 0 aliphatic carbocycles. The van der Waals surface area contributed by atoms with Crippen LogP contribution in [-0.2, 0) is 17.8 Å². The third kappa shape index (κ3) is 6.55. The lowest BCUT2D eigenvalue weighted by Crippen LogP contribution is -2.24. The van der Waals surface area contributed by atoms with Crippen molar-refractivity contribution in [2.45, 2.75) is 32.8 Å². The van der Waals surface area contributed by atoms with Gasteiger partial charge in [-0.05, 0) is 36.1 Å². The van der Waals surface area contributed by atoms with Crippen molar-refractivity contribution in [2.75, 3.05) is 33.4 Å². The predicted molar refractivity (Wildman–Crippen MR) is 134 cm³/mol. The van der Waals surface area contributed by atoms with E-state index >= 15 is 0 Å². The van der Waals surface area contributed by atoms with Crippen molar-refractivity contribution in [3.05, 3.63) is 71.9 Å². The Kier molecular flexibility index (Phi) is 8.88. The van der Waals surface area contributed by atoms with E-state index < -0.39 is 0 Å². The van der Waals surface area contributed by atoms with E-state index in [-0.39, 0.29) is 0 Å². The number of unbranched alkanes of at least 4 members (excludes halogenated alkanes) is 1. The quantitative estimate of drug-likeness (QED) is 0.413. The monoisotopic (exact) mass is 461 g/mol. The zero-order valence-electron chi connectivity index (χ0n) is 20.2. The van der Waals surface area contributed by atoms with Crippen LogP contribution in [0, 0.1) is 11.8 Å². The lowest BCUT2D eigenvalue weighted by molar-refractivity contribution is 0.119. The number of aromatic nitrogens is 2. The number of nitrogens with one attached hydrogen (secondary N) is 1. The molecular formula is C28H35N3O3. The molecule has 6 nitrogen and oxygen atoms in total. The number of ether oxygens (including phenoxy) is 3. The van der Waals surface area contributed by atoms with Crippen molar-refractivity contribution in [3.8, 4) is 22.8 Å². The molecule has 1 aliphatic heterocycles. The zero-order valence-corrected chi connectivity index (χ0v) is 20.2. The Morgan fingerprint density at radius 3 is 2.41 bits per heavy atom. The van der Waals surface area contributed by atoms with E-state index in [9.17, 15) is 0 Å². The van der Waals surface area contributed by atoms with Gasteiger partial charge < -0.3 is 19.5 Å². The number of hydrogen-bond acceptors (Lipinski definition) is 6. The summed E-state index contributed by atoms with van der Waals surface area (Å²) in [5.74, 6) is 2.29. The molecule has 1 aromatic heterocycles. The Balaban J connectivity index is 1.46. The van der Waals surface area contributed by atoms with Crippen molar-refractivity contribution in [1.82, 2.24) is 15.5 Å². The summed E-state index contributed by atoms with van der Waals surface area (Å²) in [5.41, 5.74) is 4.33. The maximum absolute atomic E-state index is 6.11. The van der Waals surface area contributed by atoms with Crippen LogP contribution in [0.5, 0.6) is 11.6 Å². The minimum Gasteiger partial charge on any atom is -0.489 e. The molecule has 6 heteroatoms. The summed E-state index contributed by atoms with van der Waals surface area (Å²) in [5, 5.41) is 12.4. The molecule has 2 unspecified atom stereocenters. The maximum Gasteiger partial charge on any atom is 0.234 e. The predicted octanol–water partition coefficient (Wildman–Crippen LogP) is 4.93. The van der Waals surface area contributed by atoms with Gasteiger partial charge in [0.1, 0.15) is 12.4 Å². The molecule has 0 spiro atoms. The molecular weight excluding hydrogens is 426 g/mol. The zero-order chi connectivity index (χ0) is 23.6. The van der Waals surface area contributed by atoms with Gasteiger partial charge in [-0.25, -0.2) is 0 Å². The van der Waals surface area contributed by atoms with Gasteiger partial charge >= 0.3 is 0 Å². The Morgan fingerprint density at radius 1 is 0.912 bits per heavy atom. The van der Waals surface area contributed by atoms with Crippen LogP contribution in [-0.4, -0.2) is 43.6 Å². The first kappa shape index (κ1) is 24.2. The highest BCUT2D eigenvalue weighted by Gasteiger charge is 2.27. The Hall–Kier alpha value is -2.96. The van der Waals surface area contributed by atoms with Gasteiger partial charge in [-0.3, -0.25) is 0 Å². The summed E-state index contributed by atoms with van der Waals surface area (Å²) >= 11 is 0. The summed E-state index contributed by atoms with van der Waals surface area (Å²) in [6, 6.07) is 20.4. The van der Waals surface area contributed by atoms with Crippen molar-refractivity contribution in [1.29, 1.82) is 0 Å². The number of hydrogen-bond donors (Lipinski definition) is 1. The van der Waals surface area contributed by atoms with Gasteiger partial charge in [0.15, 0.2) is 0 Å². The lowest BCUT2D eigenvalue weighted by atomic mass is 9.98. The molecule has 1 saturated heterocycles. The molecule has 0 amide bonds. The lowest BCUT2D eigenvalue weighted by Gasteiger charge is -2.18. The number of methoxy groups -OCH3 is 1. The second-order valence-electron chi connectivity index (χ2n) is 8.89. The van der Waals surface area contributed by atoms with Crippen molar-refractivity contribution < 1.29 is 14.2 Å². The summed E-state index contributed by atoms with van der Waals surface area (Å²) in [6.45, 7) is 6.00. The van der Waals surface area contributed by atoms with Gasteiger partial charge in [0.05, 0.1) is 18.9 Å². The highest BCUT2D eigenvalue weighted by Crippen LogP contribution is 2.29. The third-order valence-electron chi connectivity index (χ3n) is 6.33. The van der Waals surface area contributed by atoms with E-state index in [1.165, 1.54) is 0 Å². The first-order valence-electron chi connectivity index (χ1n) is 12.2. The fourth-order valence-corrected chi connectivity index (χ4v) is 4.30. The van der Waals surface area contributed by atoms with E-state index in [4.69, 9.17) is 14.2 Å². The fourth-order valence-electron chi connectivity index (χ4n) is 4.30. The van der Waals surface area contributed by atoms with E-state index in [0.717, 1.165) is 67.1 Å². The SMILES string of the molecule is CCCCc1nnc(OCC2CNCC2COC)cc1-c1ccc(OCc2ccccc2)cc1. The summed E-state index contributed by atoms with van der Waals surface area (Å²) < 4.78 is 17.4. The molecule has 180 valence electrons. The van der Waals surface area contributed by atoms with Gasteiger partial charge in [0, 0.05) is 43.7 Å². The molecule has 1 N–H and O–H groups in total. The molecule has 2 aromatic carbocycles. The molecule has 0 saturated carbocycles. The van der Waals surface area contributed by atoms with Gasteiger partial charge in [0.25, 0.3) is 0 Å². The van der Waals surface area contributed by atoms with Crippen LogP contribution in [0.2, 0.25) is 0 Å². The first-order chi connectivity index (χ1) is 16.8. The number of benzene rings is 2. The second-order valence-corrected chi connectivity index (χ2v) is 8.89. The normalized spacial score (nSPS) is 17.6. The molecule has 1 aliphatic rings. The first-order valence-corrected chi connectivity index (χ1v) is 12.2. The van der Waals surface area contributed by atoms with E-state index in [2.05, 4.69) is 46.7 Å². The molecule has 0 radical (unpaired) electrons. The average molecular weight is 462 g/mol. The minimum atomic E-state index is 0.408. The second kappa shape index (κ2) is 12.5. The Labute approximate surface area is 202 Å². The summed E-state index contributed by atoms with van der Waals surface area (Å²) in [7, 11) is 1.75. The fraction of sp³-hybridized carbons (Fsp3) is 0.429. The molecule has 34 heavy (non-hydrogen) atoms. The average Bonchev–Trinajstić information content (AvgIpc) is 3.33.